The highest BCUT2D eigenvalue weighted by Gasteiger charge is 2.14. The van der Waals surface area contributed by atoms with E-state index >= 15 is 0 Å². The fourth-order valence-corrected chi connectivity index (χ4v) is 4.74. The predicted octanol–water partition coefficient (Wildman–Crippen LogP) is 7.82. The van der Waals surface area contributed by atoms with Crippen LogP contribution in [0.2, 0.25) is 0 Å². The van der Waals surface area contributed by atoms with Crippen molar-refractivity contribution < 1.29 is 0 Å². The summed E-state index contributed by atoms with van der Waals surface area (Å²) in [6.45, 7) is 0. The molecule has 0 aliphatic heterocycles. The van der Waals surface area contributed by atoms with Gasteiger partial charge < -0.3 is 0 Å². The molecule has 0 heteroatoms. The van der Waals surface area contributed by atoms with Crippen molar-refractivity contribution >= 4 is 6.08 Å². The van der Waals surface area contributed by atoms with Crippen molar-refractivity contribution in [2.45, 2.75) is 109 Å². The van der Waals surface area contributed by atoms with Gasteiger partial charge in [-0.1, -0.05) is 101 Å². The maximum Gasteiger partial charge on any atom is -0.00853 e. The van der Waals surface area contributed by atoms with Crippen LogP contribution in [-0.4, -0.2) is 0 Å². The molecule has 1 aromatic rings. The third-order valence-corrected chi connectivity index (χ3v) is 6.31. The van der Waals surface area contributed by atoms with Crippen LogP contribution in [0.1, 0.15) is 112 Å². The Kier molecular flexibility index (Phi) is 8.13. The van der Waals surface area contributed by atoms with Gasteiger partial charge in [0.05, 0.1) is 0 Å². The van der Waals surface area contributed by atoms with Crippen molar-refractivity contribution in [2.75, 3.05) is 0 Å². The SMILES string of the molecule is C1=Cc2ccc3c(c2C1)CCCCCCCCCCCCCCCC3. The van der Waals surface area contributed by atoms with Crippen LogP contribution in [0.25, 0.3) is 6.08 Å². The second kappa shape index (κ2) is 10.8. The summed E-state index contributed by atoms with van der Waals surface area (Å²) >= 11 is 0. The van der Waals surface area contributed by atoms with Crippen molar-refractivity contribution in [3.05, 3.63) is 40.5 Å². The van der Waals surface area contributed by atoms with E-state index in [0.29, 0.717) is 0 Å². The van der Waals surface area contributed by atoms with Crippen molar-refractivity contribution in [3.63, 3.8) is 0 Å². The highest BCUT2D eigenvalue weighted by atomic mass is 14.2. The zero-order valence-electron chi connectivity index (χ0n) is 16.3. The Hall–Kier alpha value is -1.04. The molecule has 0 nitrogen and oxygen atoms in total. The van der Waals surface area contributed by atoms with Crippen molar-refractivity contribution in [3.8, 4) is 0 Å². The van der Waals surface area contributed by atoms with E-state index in [1.54, 1.807) is 16.7 Å². The molecule has 3 rings (SSSR count). The molecule has 138 valence electrons. The van der Waals surface area contributed by atoms with Gasteiger partial charge in [0.15, 0.2) is 0 Å². The standard InChI is InChI=1S/C25H38/c1-2-4-6-8-10-12-14-18-24-22(16-13-11-9-7-5-3-1)20-21-23-17-15-19-25(23)24/h15,17,20-21H,1-14,16,18-19H2. The second-order valence-electron chi connectivity index (χ2n) is 8.33. The summed E-state index contributed by atoms with van der Waals surface area (Å²) in [6.07, 6.45) is 28.8. The number of fused-ring (bicyclic) bond motifs is 3. The van der Waals surface area contributed by atoms with E-state index in [9.17, 15) is 0 Å². The van der Waals surface area contributed by atoms with E-state index in [4.69, 9.17) is 0 Å². The largest absolute Gasteiger partial charge is 0.0795 e. The summed E-state index contributed by atoms with van der Waals surface area (Å²) in [4.78, 5) is 0. The van der Waals surface area contributed by atoms with E-state index in [2.05, 4.69) is 24.3 Å². The Labute approximate surface area is 156 Å². The molecular formula is C25H38. The Balaban J connectivity index is 1.59. The Morgan fingerprint density at radius 1 is 0.480 bits per heavy atom. The summed E-state index contributed by atoms with van der Waals surface area (Å²) in [5.74, 6) is 0. The Morgan fingerprint density at radius 2 is 1.00 bits per heavy atom. The third kappa shape index (κ3) is 6.01. The fourth-order valence-electron chi connectivity index (χ4n) is 4.74. The molecule has 0 atom stereocenters. The average molecular weight is 339 g/mol. The molecule has 2 aliphatic carbocycles. The van der Waals surface area contributed by atoms with Gasteiger partial charge in [-0.15, -0.1) is 0 Å². The van der Waals surface area contributed by atoms with E-state index in [0.717, 1.165) is 0 Å². The molecule has 0 amide bonds. The van der Waals surface area contributed by atoms with Crippen molar-refractivity contribution in [1.29, 1.82) is 0 Å². The number of hydrogen-bond acceptors (Lipinski definition) is 0. The number of benzene rings is 1. The van der Waals surface area contributed by atoms with Crippen LogP contribution in [0.4, 0.5) is 0 Å². The van der Waals surface area contributed by atoms with Gasteiger partial charge in [-0.05, 0) is 54.4 Å². The van der Waals surface area contributed by atoms with Crippen LogP contribution in [0.3, 0.4) is 0 Å². The van der Waals surface area contributed by atoms with Gasteiger partial charge in [-0.25, -0.2) is 0 Å². The van der Waals surface area contributed by atoms with Gasteiger partial charge in [0.2, 0.25) is 0 Å². The lowest BCUT2D eigenvalue weighted by molar-refractivity contribution is 0.530. The fraction of sp³-hybridized carbons (Fsp3) is 0.680. The normalized spacial score (nSPS) is 21.1. The summed E-state index contributed by atoms with van der Waals surface area (Å²) in [5.41, 5.74) is 6.56. The molecule has 0 saturated carbocycles. The van der Waals surface area contributed by atoms with Crippen LogP contribution >= 0.6 is 0 Å². The smallest absolute Gasteiger partial charge is 0.00853 e. The molecule has 0 aromatic heterocycles. The minimum Gasteiger partial charge on any atom is -0.0795 e. The number of aryl methyl sites for hydroxylation is 1. The first kappa shape index (κ1) is 18.7. The summed E-state index contributed by atoms with van der Waals surface area (Å²) in [5, 5.41) is 0. The quantitative estimate of drug-likeness (QED) is 0.452. The van der Waals surface area contributed by atoms with Crippen LogP contribution < -0.4 is 0 Å². The predicted molar refractivity (Wildman–Crippen MR) is 111 cm³/mol. The lowest BCUT2D eigenvalue weighted by atomic mass is 9.90. The van der Waals surface area contributed by atoms with Gasteiger partial charge >= 0.3 is 0 Å². The Bertz CT molecular complexity index is 537. The van der Waals surface area contributed by atoms with Crippen LogP contribution in [0.5, 0.6) is 0 Å². The van der Waals surface area contributed by atoms with E-state index in [1.807, 2.05) is 0 Å². The van der Waals surface area contributed by atoms with Crippen molar-refractivity contribution in [1.82, 2.24) is 0 Å². The highest BCUT2D eigenvalue weighted by Crippen LogP contribution is 2.29. The van der Waals surface area contributed by atoms with E-state index in [-0.39, 0.29) is 0 Å². The molecule has 0 unspecified atom stereocenters. The molecule has 0 bridgehead atoms. The lowest BCUT2D eigenvalue weighted by Gasteiger charge is -2.15. The number of hydrogen-bond donors (Lipinski definition) is 0. The van der Waals surface area contributed by atoms with E-state index in [1.165, 1.54) is 115 Å². The second-order valence-corrected chi connectivity index (χ2v) is 8.33. The van der Waals surface area contributed by atoms with E-state index < -0.39 is 0 Å². The van der Waals surface area contributed by atoms with Crippen LogP contribution in [-0.2, 0) is 19.3 Å². The molecule has 0 saturated heterocycles. The van der Waals surface area contributed by atoms with Crippen LogP contribution in [0, 0.1) is 0 Å². The lowest BCUT2D eigenvalue weighted by Crippen LogP contribution is -2.02. The molecule has 0 fully saturated rings. The highest BCUT2D eigenvalue weighted by molar-refractivity contribution is 5.63. The zero-order chi connectivity index (χ0) is 17.2. The molecular weight excluding hydrogens is 300 g/mol. The number of rotatable bonds is 0. The maximum absolute atomic E-state index is 2.45. The van der Waals surface area contributed by atoms with Gasteiger partial charge in [0.1, 0.15) is 0 Å². The first-order valence-electron chi connectivity index (χ1n) is 11.3. The maximum atomic E-state index is 2.45. The summed E-state index contributed by atoms with van der Waals surface area (Å²) < 4.78 is 0. The molecule has 0 spiro atoms. The van der Waals surface area contributed by atoms with Gasteiger partial charge in [0, 0.05) is 0 Å². The molecule has 0 radical (unpaired) electrons. The van der Waals surface area contributed by atoms with Gasteiger partial charge in [-0.2, -0.15) is 0 Å². The topological polar surface area (TPSA) is 0 Å². The van der Waals surface area contributed by atoms with Gasteiger partial charge in [0.25, 0.3) is 0 Å². The van der Waals surface area contributed by atoms with Crippen molar-refractivity contribution in [2.24, 2.45) is 0 Å². The summed E-state index contributed by atoms with van der Waals surface area (Å²) in [7, 11) is 0. The first-order valence-corrected chi connectivity index (χ1v) is 11.3. The molecule has 25 heavy (non-hydrogen) atoms. The molecule has 1 aromatic carbocycles. The minimum absolute atomic E-state index is 1.18. The van der Waals surface area contributed by atoms with Gasteiger partial charge in [-0.3, -0.25) is 0 Å². The molecule has 0 heterocycles. The molecule has 0 N–H and O–H groups in total. The molecule has 2 aliphatic rings. The van der Waals surface area contributed by atoms with Crippen LogP contribution in [0.15, 0.2) is 18.2 Å². The third-order valence-electron chi connectivity index (χ3n) is 6.31. The monoisotopic (exact) mass is 338 g/mol. The number of allylic oxidation sites excluding steroid dienone is 1. The minimum atomic E-state index is 1.18. The first-order chi connectivity index (χ1) is 12.4. The average Bonchev–Trinajstić information content (AvgIpc) is 3.10. The Morgan fingerprint density at radius 3 is 1.60 bits per heavy atom. The summed E-state index contributed by atoms with van der Waals surface area (Å²) in [6, 6.07) is 4.83. The zero-order valence-corrected chi connectivity index (χ0v) is 16.3.